The predicted octanol–water partition coefficient (Wildman–Crippen LogP) is 6.32. The highest BCUT2D eigenvalue weighted by molar-refractivity contribution is 7.07. The first-order valence-electron chi connectivity index (χ1n) is 15.5. The molecule has 0 amide bonds. The second-order valence-corrected chi connectivity index (χ2v) is 12.8. The highest BCUT2D eigenvalue weighted by atomic mass is 35.5. The van der Waals surface area contributed by atoms with Crippen molar-refractivity contribution in [3.05, 3.63) is 156 Å². The number of fused-ring (bicyclic) bond motifs is 3. The first kappa shape index (κ1) is 30.0. The van der Waals surface area contributed by atoms with E-state index in [0.717, 1.165) is 27.6 Å². The summed E-state index contributed by atoms with van der Waals surface area (Å²) in [6.07, 6.45) is 3.98. The Labute approximate surface area is 284 Å². The third-order valence-electron chi connectivity index (χ3n) is 8.46. The molecule has 2 aliphatic heterocycles. The van der Waals surface area contributed by atoms with Gasteiger partial charge in [0, 0.05) is 39.8 Å². The second kappa shape index (κ2) is 12.3. The van der Waals surface area contributed by atoms with Crippen molar-refractivity contribution in [2.75, 3.05) is 13.4 Å². The van der Waals surface area contributed by atoms with Gasteiger partial charge in [0.05, 0.1) is 28.5 Å². The minimum atomic E-state index is -0.821. The van der Waals surface area contributed by atoms with Crippen LogP contribution in [0.3, 0.4) is 0 Å². The van der Waals surface area contributed by atoms with E-state index in [1.807, 2.05) is 84.9 Å². The van der Waals surface area contributed by atoms with E-state index >= 15 is 0 Å². The van der Waals surface area contributed by atoms with E-state index in [1.165, 1.54) is 11.3 Å². The average molecular weight is 674 g/mol. The fourth-order valence-electron chi connectivity index (χ4n) is 6.29. The van der Waals surface area contributed by atoms with Crippen molar-refractivity contribution in [2.45, 2.75) is 19.5 Å². The van der Waals surface area contributed by atoms with Gasteiger partial charge in [0.25, 0.3) is 5.56 Å². The molecule has 1 atom stereocenters. The van der Waals surface area contributed by atoms with Crippen LogP contribution in [0.15, 0.2) is 119 Å². The number of para-hydroxylation sites is 1. The summed E-state index contributed by atoms with van der Waals surface area (Å²) in [5, 5.41) is 1.70. The zero-order valence-corrected chi connectivity index (χ0v) is 27.3. The van der Waals surface area contributed by atoms with Crippen LogP contribution in [0, 0.1) is 0 Å². The fraction of sp³-hybridized carbons (Fsp3) is 0.132. The van der Waals surface area contributed by atoms with E-state index < -0.39 is 12.0 Å². The molecule has 0 bridgehead atoms. The monoisotopic (exact) mass is 673 g/mol. The van der Waals surface area contributed by atoms with Crippen LogP contribution in [-0.2, 0) is 16.1 Å². The molecule has 2 aromatic heterocycles. The highest BCUT2D eigenvalue weighted by Crippen LogP contribution is 2.40. The number of carbonyl (C=O) groups is 1. The molecule has 8 nitrogen and oxygen atoms in total. The lowest BCUT2D eigenvalue weighted by Gasteiger charge is -2.26. The van der Waals surface area contributed by atoms with E-state index in [0.29, 0.717) is 43.7 Å². The van der Waals surface area contributed by atoms with Gasteiger partial charge < -0.3 is 18.8 Å². The van der Waals surface area contributed by atoms with E-state index in [-0.39, 0.29) is 24.5 Å². The molecule has 0 saturated heterocycles. The summed E-state index contributed by atoms with van der Waals surface area (Å²) in [6.45, 7) is 2.67. The number of benzene rings is 4. The van der Waals surface area contributed by atoms with Gasteiger partial charge in [-0.3, -0.25) is 9.36 Å². The minimum absolute atomic E-state index is 0.100. The summed E-state index contributed by atoms with van der Waals surface area (Å²) in [5.74, 6) is 0.609. The molecule has 0 unspecified atom stereocenters. The van der Waals surface area contributed by atoms with Crippen LogP contribution in [0.4, 0.5) is 0 Å². The number of hydrogen-bond donors (Lipinski definition) is 0. The quantitative estimate of drug-likeness (QED) is 0.185. The number of nitrogens with zero attached hydrogens (tertiary/aromatic N) is 3. The number of halogens is 1. The van der Waals surface area contributed by atoms with Crippen LogP contribution in [0.25, 0.3) is 22.7 Å². The molecule has 10 heteroatoms. The third kappa shape index (κ3) is 5.31. The van der Waals surface area contributed by atoms with Crippen molar-refractivity contribution < 1.29 is 19.0 Å². The normalized spacial score (nSPS) is 15.5. The highest BCUT2D eigenvalue weighted by Gasteiger charge is 2.36. The zero-order chi connectivity index (χ0) is 32.8. The molecule has 4 aromatic carbocycles. The molecule has 0 saturated carbocycles. The summed E-state index contributed by atoms with van der Waals surface area (Å²) in [4.78, 5) is 33.8. The molecule has 2 aliphatic rings. The second-order valence-electron chi connectivity index (χ2n) is 11.4. The summed E-state index contributed by atoms with van der Waals surface area (Å²) in [6, 6.07) is 30.1. The lowest BCUT2D eigenvalue weighted by Crippen LogP contribution is -2.40. The van der Waals surface area contributed by atoms with Crippen molar-refractivity contribution >= 4 is 51.6 Å². The zero-order valence-electron chi connectivity index (χ0n) is 25.8. The Morgan fingerprint density at radius 3 is 2.58 bits per heavy atom. The smallest absolute Gasteiger partial charge is 0.338 e. The van der Waals surface area contributed by atoms with E-state index in [2.05, 4.69) is 22.9 Å². The Balaban J connectivity index is 1.34. The number of thiazole rings is 1. The summed E-state index contributed by atoms with van der Waals surface area (Å²) >= 11 is 7.42. The van der Waals surface area contributed by atoms with Crippen molar-refractivity contribution in [3.8, 4) is 11.5 Å². The molecule has 0 aliphatic carbocycles. The maximum Gasteiger partial charge on any atom is 0.338 e. The molecule has 0 radical (unpaired) electrons. The average Bonchev–Trinajstić information content (AvgIpc) is 3.81. The first-order chi connectivity index (χ1) is 23.5. The third-order valence-corrected chi connectivity index (χ3v) is 9.69. The van der Waals surface area contributed by atoms with E-state index in [9.17, 15) is 9.59 Å². The van der Waals surface area contributed by atoms with Gasteiger partial charge in [0.1, 0.15) is 0 Å². The number of hydrogen-bond acceptors (Lipinski definition) is 7. The Hall–Kier alpha value is -5.38. The van der Waals surface area contributed by atoms with Gasteiger partial charge in [-0.25, -0.2) is 9.79 Å². The fourth-order valence-corrected chi connectivity index (χ4v) is 7.41. The van der Waals surface area contributed by atoms with Gasteiger partial charge >= 0.3 is 5.97 Å². The molecule has 0 spiro atoms. The van der Waals surface area contributed by atoms with Crippen molar-refractivity contribution in [3.63, 3.8) is 0 Å². The number of rotatable bonds is 7. The Morgan fingerprint density at radius 2 is 1.77 bits per heavy atom. The molecule has 6 aromatic rings. The van der Waals surface area contributed by atoms with Gasteiger partial charge in [0.2, 0.25) is 6.79 Å². The summed E-state index contributed by atoms with van der Waals surface area (Å²) in [7, 11) is 0. The first-order valence-corrected chi connectivity index (χ1v) is 16.7. The van der Waals surface area contributed by atoms with Gasteiger partial charge in [-0.1, -0.05) is 89.7 Å². The maximum absolute atomic E-state index is 14.5. The molecule has 48 heavy (non-hydrogen) atoms. The molecular weight excluding hydrogens is 646 g/mol. The minimum Gasteiger partial charge on any atom is -0.463 e. The van der Waals surface area contributed by atoms with Crippen molar-refractivity contribution in [1.82, 2.24) is 9.13 Å². The number of ether oxygens (including phenoxy) is 3. The van der Waals surface area contributed by atoms with Gasteiger partial charge in [-0.15, -0.1) is 0 Å². The van der Waals surface area contributed by atoms with Crippen molar-refractivity contribution in [1.29, 1.82) is 0 Å². The van der Waals surface area contributed by atoms with Crippen LogP contribution in [0.2, 0.25) is 5.02 Å². The number of esters is 1. The molecule has 0 N–H and O–H groups in total. The predicted molar refractivity (Wildman–Crippen MR) is 186 cm³/mol. The molecule has 8 rings (SSSR count). The van der Waals surface area contributed by atoms with Crippen LogP contribution in [-0.4, -0.2) is 28.5 Å². The Morgan fingerprint density at radius 1 is 1.00 bits per heavy atom. The van der Waals surface area contributed by atoms with Gasteiger partial charge in [-0.05, 0) is 54.5 Å². The lowest BCUT2D eigenvalue weighted by molar-refractivity contribution is -0.138. The van der Waals surface area contributed by atoms with Crippen molar-refractivity contribution in [2.24, 2.45) is 4.99 Å². The Kier molecular flexibility index (Phi) is 7.70. The van der Waals surface area contributed by atoms with Gasteiger partial charge in [0.15, 0.2) is 16.3 Å². The number of carbonyl (C=O) groups excluding carboxylic acids is 1. The van der Waals surface area contributed by atoms with Crippen LogP contribution in [0.1, 0.15) is 35.2 Å². The maximum atomic E-state index is 14.5. The topological polar surface area (TPSA) is 84.1 Å². The summed E-state index contributed by atoms with van der Waals surface area (Å²) in [5.41, 5.74) is 4.95. The van der Waals surface area contributed by atoms with E-state index in [1.54, 1.807) is 17.6 Å². The SMILES string of the molecule is CCOC(=O)C1=C(c2ccccc2)N=c2s/c(=C/c3cn(Cc4ccc(Cl)cc4)c4ccccc34)c(=O)n2[C@@H]1c1ccc2c(c1)OCO2. The van der Waals surface area contributed by atoms with E-state index in [4.69, 9.17) is 30.8 Å². The molecular formula is C38H28ClN3O5S. The van der Waals surface area contributed by atoms with Crippen LogP contribution < -0.4 is 24.4 Å². The van der Waals surface area contributed by atoms with Crippen LogP contribution in [0.5, 0.6) is 11.5 Å². The van der Waals surface area contributed by atoms with Crippen LogP contribution >= 0.6 is 22.9 Å². The molecule has 4 heterocycles. The summed E-state index contributed by atoms with van der Waals surface area (Å²) < 4.78 is 21.1. The van der Waals surface area contributed by atoms with Gasteiger partial charge in [-0.2, -0.15) is 0 Å². The standard InChI is InChI=1S/C38H28ClN3O5S/c1-2-45-37(44)33-34(24-8-4-3-5-9-24)40-38-42(35(33)25-14-17-30-31(18-25)47-22-46-30)36(43)32(48-38)19-26-21-41(29-11-7-6-10-28(26)29)20-23-12-15-27(39)16-13-23/h3-19,21,35H,2,20,22H2,1H3/b32-19+/t35-/m1/s1. The largest absolute Gasteiger partial charge is 0.463 e. The lowest BCUT2D eigenvalue weighted by atomic mass is 9.93. The number of aromatic nitrogens is 2. The molecule has 0 fully saturated rings. The molecule has 238 valence electrons. The Bertz CT molecular complexity index is 2430.